The molecule has 3 amide bonds. The SMILES string of the molecule is CNC(=O)[C@H](CO[C@@H]1O[C@H](CO)[C@H](O)[C@@H](O)[C@@H]1NC(C)=O)NC(=O)OCc1ccccc1. The smallest absolute Gasteiger partial charge is 0.408 e. The summed E-state index contributed by atoms with van der Waals surface area (Å²) in [5.74, 6) is -1.11. The van der Waals surface area contributed by atoms with Gasteiger partial charge in [0.05, 0.1) is 13.2 Å². The van der Waals surface area contributed by atoms with Crippen LogP contribution in [0, 0.1) is 0 Å². The number of benzene rings is 1. The fourth-order valence-corrected chi connectivity index (χ4v) is 3.07. The predicted molar refractivity (Wildman–Crippen MR) is 109 cm³/mol. The maximum absolute atomic E-state index is 12.2. The van der Waals surface area contributed by atoms with Crippen molar-refractivity contribution in [3.8, 4) is 0 Å². The number of likely N-dealkylation sites (N-methyl/N-ethyl adjacent to an activating group) is 1. The molecule has 0 aromatic heterocycles. The number of carbonyl (C=O) groups is 3. The molecule has 1 heterocycles. The molecule has 2 rings (SSSR count). The number of alkyl carbamates (subject to hydrolysis) is 1. The van der Waals surface area contributed by atoms with Crippen molar-refractivity contribution in [2.45, 2.75) is 50.2 Å². The number of nitrogens with one attached hydrogen (secondary N) is 3. The number of hydrogen-bond donors (Lipinski definition) is 6. The van der Waals surface area contributed by atoms with Crippen LogP contribution >= 0.6 is 0 Å². The minimum absolute atomic E-state index is 0.00734. The molecule has 6 atom stereocenters. The Morgan fingerprint density at radius 1 is 1.16 bits per heavy atom. The van der Waals surface area contributed by atoms with Gasteiger partial charge >= 0.3 is 6.09 Å². The van der Waals surface area contributed by atoms with Gasteiger partial charge in [-0.25, -0.2) is 4.79 Å². The van der Waals surface area contributed by atoms with E-state index in [0.717, 1.165) is 5.56 Å². The summed E-state index contributed by atoms with van der Waals surface area (Å²) in [7, 11) is 1.37. The molecule has 178 valence electrons. The van der Waals surface area contributed by atoms with E-state index in [9.17, 15) is 29.7 Å². The standard InChI is InChI=1S/C20H29N3O9/c1-11(25)22-15-17(27)16(26)14(8-24)32-19(15)30-10-13(18(28)21-2)23-20(29)31-9-12-6-4-3-5-7-12/h3-7,13-17,19,24,26-27H,8-10H2,1-2H3,(H,21,28)(H,22,25)(H,23,29)/t13-,14+,15-,16-,17-,19+/m0/s1. The van der Waals surface area contributed by atoms with Crippen molar-refractivity contribution in [1.82, 2.24) is 16.0 Å². The molecule has 6 N–H and O–H groups in total. The summed E-state index contributed by atoms with van der Waals surface area (Å²) in [4.78, 5) is 35.8. The van der Waals surface area contributed by atoms with E-state index >= 15 is 0 Å². The second-order valence-electron chi connectivity index (χ2n) is 7.14. The minimum atomic E-state index is -1.50. The van der Waals surface area contributed by atoms with Gasteiger partial charge in [0.2, 0.25) is 11.8 Å². The lowest BCUT2D eigenvalue weighted by atomic mass is 9.97. The third kappa shape index (κ3) is 7.14. The quantitative estimate of drug-likeness (QED) is 0.246. The van der Waals surface area contributed by atoms with Gasteiger partial charge in [0.15, 0.2) is 6.29 Å². The monoisotopic (exact) mass is 455 g/mol. The molecule has 0 spiro atoms. The number of carbonyl (C=O) groups excluding carboxylic acids is 3. The van der Waals surface area contributed by atoms with Crippen LogP contribution in [0.5, 0.6) is 0 Å². The van der Waals surface area contributed by atoms with Crippen LogP contribution in [0.2, 0.25) is 0 Å². The Bertz CT molecular complexity index is 764. The van der Waals surface area contributed by atoms with Crippen LogP contribution in [-0.4, -0.2) is 90.2 Å². The molecule has 12 nitrogen and oxygen atoms in total. The van der Waals surface area contributed by atoms with E-state index in [0.29, 0.717) is 0 Å². The highest BCUT2D eigenvalue weighted by molar-refractivity contribution is 5.85. The molecular formula is C20H29N3O9. The lowest BCUT2D eigenvalue weighted by Gasteiger charge is -2.42. The summed E-state index contributed by atoms with van der Waals surface area (Å²) >= 11 is 0. The Morgan fingerprint density at radius 2 is 1.84 bits per heavy atom. The molecule has 0 unspecified atom stereocenters. The van der Waals surface area contributed by atoms with Gasteiger partial charge in [0.25, 0.3) is 0 Å². The average molecular weight is 455 g/mol. The summed E-state index contributed by atoms with van der Waals surface area (Å²) < 4.78 is 16.1. The molecule has 0 aliphatic carbocycles. The first kappa shape index (κ1) is 25.5. The molecule has 1 saturated heterocycles. The Balaban J connectivity index is 2.01. The Labute approximate surface area is 184 Å². The van der Waals surface area contributed by atoms with Crippen molar-refractivity contribution >= 4 is 17.9 Å². The molecule has 1 aliphatic rings. The Morgan fingerprint density at radius 3 is 2.44 bits per heavy atom. The summed E-state index contributed by atoms with van der Waals surface area (Å²) in [5.41, 5.74) is 0.756. The summed E-state index contributed by atoms with van der Waals surface area (Å²) in [5, 5.41) is 36.9. The van der Waals surface area contributed by atoms with Crippen LogP contribution < -0.4 is 16.0 Å². The summed E-state index contributed by atoms with van der Waals surface area (Å²) in [6.07, 6.45) is -6.33. The molecule has 32 heavy (non-hydrogen) atoms. The van der Waals surface area contributed by atoms with E-state index in [1.807, 2.05) is 6.07 Å². The molecule has 0 radical (unpaired) electrons. The highest BCUT2D eigenvalue weighted by Gasteiger charge is 2.45. The fourth-order valence-electron chi connectivity index (χ4n) is 3.07. The van der Waals surface area contributed by atoms with Gasteiger partial charge in [-0.05, 0) is 5.56 Å². The molecule has 1 aromatic carbocycles. The first-order chi connectivity index (χ1) is 15.3. The highest BCUT2D eigenvalue weighted by atomic mass is 16.7. The van der Waals surface area contributed by atoms with Gasteiger partial charge in [-0.2, -0.15) is 0 Å². The van der Waals surface area contributed by atoms with Crippen molar-refractivity contribution in [3.63, 3.8) is 0 Å². The third-order valence-corrected chi connectivity index (χ3v) is 4.75. The van der Waals surface area contributed by atoms with Crippen LogP contribution in [0.15, 0.2) is 30.3 Å². The largest absolute Gasteiger partial charge is 0.445 e. The number of aliphatic hydroxyl groups excluding tert-OH is 3. The van der Waals surface area contributed by atoms with Crippen LogP contribution in [0.1, 0.15) is 12.5 Å². The maximum atomic E-state index is 12.2. The first-order valence-electron chi connectivity index (χ1n) is 9.96. The van der Waals surface area contributed by atoms with E-state index < -0.39 is 67.8 Å². The van der Waals surface area contributed by atoms with E-state index in [4.69, 9.17) is 14.2 Å². The van der Waals surface area contributed by atoms with Gasteiger partial charge in [-0.15, -0.1) is 0 Å². The van der Waals surface area contributed by atoms with Gasteiger partial charge in [0, 0.05) is 14.0 Å². The Kier molecular flexibility index (Phi) is 9.81. The van der Waals surface area contributed by atoms with Crippen LogP contribution in [-0.2, 0) is 30.4 Å². The van der Waals surface area contributed by atoms with Crippen molar-refractivity contribution in [3.05, 3.63) is 35.9 Å². The molecule has 0 saturated carbocycles. The average Bonchev–Trinajstić information content (AvgIpc) is 2.79. The van der Waals surface area contributed by atoms with Gasteiger partial charge in [-0.3, -0.25) is 9.59 Å². The number of hydrogen-bond acceptors (Lipinski definition) is 9. The van der Waals surface area contributed by atoms with Gasteiger partial charge in [0.1, 0.15) is 37.0 Å². The first-order valence-corrected chi connectivity index (χ1v) is 9.96. The number of ether oxygens (including phenoxy) is 3. The molecule has 0 bridgehead atoms. The predicted octanol–water partition coefficient (Wildman–Crippen LogP) is -2.01. The van der Waals surface area contributed by atoms with E-state index in [1.54, 1.807) is 24.3 Å². The third-order valence-electron chi connectivity index (χ3n) is 4.75. The zero-order valence-electron chi connectivity index (χ0n) is 17.8. The highest BCUT2D eigenvalue weighted by Crippen LogP contribution is 2.22. The van der Waals surface area contributed by atoms with E-state index in [1.165, 1.54) is 14.0 Å². The van der Waals surface area contributed by atoms with Gasteiger partial charge in [-0.1, -0.05) is 30.3 Å². The Hall–Kier alpha value is -2.77. The zero-order valence-corrected chi connectivity index (χ0v) is 17.8. The molecule has 12 heteroatoms. The summed E-state index contributed by atoms with van der Waals surface area (Å²) in [6, 6.07) is 6.57. The van der Waals surface area contributed by atoms with E-state index in [-0.39, 0.29) is 6.61 Å². The van der Waals surface area contributed by atoms with E-state index in [2.05, 4.69) is 16.0 Å². The zero-order chi connectivity index (χ0) is 23.7. The normalized spacial score (nSPS) is 26.0. The molecule has 1 aromatic rings. The lowest BCUT2D eigenvalue weighted by Crippen LogP contribution is -2.65. The number of rotatable bonds is 9. The lowest BCUT2D eigenvalue weighted by molar-refractivity contribution is -0.270. The summed E-state index contributed by atoms with van der Waals surface area (Å²) in [6.45, 7) is 0.161. The van der Waals surface area contributed by atoms with Gasteiger partial charge < -0.3 is 45.5 Å². The van der Waals surface area contributed by atoms with Crippen LogP contribution in [0.3, 0.4) is 0 Å². The number of amides is 3. The van der Waals surface area contributed by atoms with Crippen LogP contribution in [0.25, 0.3) is 0 Å². The minimum Gasteiger partial charge on any atom is -0.445 e. The van der Waals surface area contributed by atoms with Crippen LogP contribution in [0.4, 0.5) is 4.79 Å². The molecular weight excluding hydrogens is 426 g/mol. The van der Waals surface area contributed by atoms with Crippen molar-refractivity contribution in [2.24, 2.45) is 0 Å². The van der Waals surface area contributed by atoms with Crippen molar-refractivity contribution in [1.29, 1.82) is 0 Å². The topological polar surface area (TPSA) is 176 Å². The molecule has 1 aliphatic heterocycles. The second kappa shape index (κ2) is 12.3. The van der Waals surface area contributed by atoms with Crippen molar-refractivity contribution < 1.29 is 43.9 Å². The second-order valence-corrected chi connectivity index (χ2v) is 7.14. The maximum Gasteiger partial charge on any atom is 0.408 e. The molecule has 1 fully saturated rings. The van der Waals surface area contributed by atoms with Crippen molar-refractivity contribution in [2.75, 3.05) is 20.3 Å². The number of aliphatic hydroxyl groups is 3. The fraction of sp³-hybridized carbons (Fsp3) is 0.550.